The summed E-state index contributed by atoms with van der Waals surface area (Å²) in [5, 5.41) is 2.87. The largest absolute Gasteiger partial charge is 0.339 e. The van der Waals surface area contributed by atoms with Crippen LogP contribution in [0.15, 0.2) is 48.5 Å². The molecule has 4 heteroatoms. The van der Waals surface area contributed by atoms with E-state index in [1.54, 1.807) is 18.2 Å². The van der Waals surface area contributed by atoms with Crippen LogP contribution >= 0.6 is 0 Å². The molecular formula is C19H20N2O2. The zero-order valence-corrected chi connectivity index (χ0v) is 13.2. The molecule has 0 bridgehead atoms. The summed E-state index contributed by atoms with van der Waals surface area (Å²) in [6, 6.07) is 14.6. The Morgan fingerprint density at radius 1 is 1.00 bits per heavy atom. The van der Waals surface area contributed by atoms with Gasteiger partial charge in [0.1, 0.15) is 0 Å². The summed E-state index contributed by atoms with van der Waals surface area (Å²) in [4.78, 5) is 26.9. The lowest BCUT2D eigenvalue weighted by atomic mass is 10.1. The molecule has 1 aliphatic heterocycles. The smallest absolute Gasteiger partial charge is 0.255 e. The molecule has 1 saturated heterocycles. The van der Waals surface area contributed by atoms with Crippen LogP contribution in [0.5, 0.6) is 0 Å². The molecule has 1 heterocycles. The van der Waals surface area contributed by atoms with E-state index >= 15 is 0 Å². The van der Waals surface area contributed by atoms with Crippen LogP contribution in [-0.2, 0) is 0 Å². The zero-order valence-electron chi connectivity index (χ0n) is 13.2. The Morgan fingerprint density at radius 3 is 2.48 bits per heavy atom. The Labute approximate surface area is 136 Å². The van der Waals surface area contributed by atoms with Crippen LogP contribution in [0.3, 0.4) is 0 Å². The van der Waals surface area contributed by atoms with Crippen LogP contribution in [0, 0.1) is 6.92 Å². The summed E-state index contributed by atoms with van der Waals surface area (Å²) in [7, 11) is 0. The number of nitrogens with zero attached hydrogens (tertiary/aromatic N) is 1. The van der Waals surface area contributed by atoms with Crippen molar-refractivity contribution in [3.05, 3.63) is 65.2 Å². The van der Waals surface area contributed by atoms with Crippen molar-refractivity contribution in [3.63, 3.8) is 0 Å². The number of hydrogen-bond acceptors (Lipinski definition) is 2. The van der Waals surface area contributed by atoms with Gasteiger partial charge in [-0.2, -0.15) is 0 Å². The van der Waals surface area contributed by atoms with Crippen LogP contribution in [-0.4, -0.2) is 29.8 Å². The zero-order chi connectivity index (χ0) is 16.2. The van der Waals surface area contributed by atoms with Gasteiger partial charge in [0.25, 0.3) is 11.8 Å². The predicted octanol–water partition coefficient (Wildman–Crippen LogP) is 3.48. The molecule has 0 radical (unpaired) electrons. The minimum Gasteiger partial charge on any atom is -0.339 e. The number of carbonyl (C=O) groups is 2. The molecule has 0 aromatic heterocycles. The van der Waals surface area contributed by atoms with Gasteiger partial charge in [0.15, 0.2) is 0 Å². The van der Waals surface area contributed by atoms with E-state index in [0.29, 0.717) is 16.8 Å². The second-order valence-electron chi connectivity index (χ2n) is 5.87. The number of rotatable bonds is 3. The Balaban J connectivity index is 1.83. The van der Waals surface area contributed by atoms with E-state index in [2.05, 4.69) is 5.32 Å². The minimum absolute atomic E-state index is 0.0114. The molecule has 2 aromatic rings. The highest BCUT2D eigenvalue weighted by Crippen LogP contribution is 2.21. The number of para-hydroxylation sites is 1. The fraction of sp³-hybridized carbons (Fsp3) is 0.263. The summed E-state index contributed by atoms with van der Waals surface area (Å²) in [6.07, 6.45) is 2.09. The third-order valence-corrected chi connectivity index (χ3v) is 4.08. The number of anilines is 1. The van der Waals surface area contributed by atoms with Gasteiger partial charge in [0.05, 0.1) is 11.3 Å². The van der Waals surface area contributed by atoms with Crippen LogP contribution in [0.4, 0.5) is 5.69 Å². The highest BCUT2D eigenvalue weighted by atomic mass is 16.2. The first-order valence-corrected chi connectivity index (χ1v) is 7.91. The number of benzene rings is 2. The number of hydrogen-bond donors (Lipinski definition) is 1. The van der Waals surface area contributed by atoms with E-state index in [1.807, 2.05) is 42.2 Å². The number of carbonyl (C=O) groups excluding carboxylic acids is 2. The average Bonchev–Trinajstić information content (AvgIpc) is 3.09. The van der Waals surface area contributed by atoms with E-state index in [9.17, 15) is 9.59 Å². The first-order chi connectivity index (χ1) is 11.1. The monoisotopic (exact) mass is 308 g/mol. The van der Waals surface area contributed by atoms with E-state index in [1.165, 1.54) is 0 Å². The lowest BCUT2D eigenvalue weighted by Crippen LogP contribution is -2.28. The second-order valence-corrected chi connectivity index (χ2v) is 5.87. The van der Waals surface area contributed by atoms with Gasteiger partial charge in [0.2, 0.25) is 0 Å². The van der Waals surface area contributed by atoms with Crippen molar-refractivity contribution in [2.24, 2.45) is 0 Å². The SMILES string of the molecule is Cc1cccc(C(=O)Nc2ccccc2C(=O)N2CCCC2)c1. The molecule has 1 N–H and O–H groups in total. The summed E-state index contributed by atoms with van der Waals surface area (Å²) >= 11 is 0. The maximum atomic E-state index is 12.6. The highest BCUT2D eigenvalue weighted by molar-refractivity contribution is 6.09. The third-order valence-electron chi connectivity index (χ3n) is 4.08. The van der Waals surface area contributed by atoms with Gasteiger partial charge in [-0.15, -0.1) is 0 Å². The first-order valence-electron chi connectivity index (χ1n) is 7.91. The lowest BCUT2D eigenvalue weighted by molar-refractivity contribution is 0.0794. The Bertz CT molecular complexity index is 734. The normalized spacial score (nSPS) is 13.9. The number of amides is 2. The van der Waals surface area contributed by atoms with Gasteiger partial charge in [-0.05, 0) is 44.0 Å². The van der Waals surface area contributed by atoms with Crippen molar-refractivity contribution in [2.75, 3.05) is 18.4 Å². The number of aryl methyl sites for hydroxylation is 1. The molecular weight excluding hydrogens is 288 g/mol. The van der Waals surface area contributed by atoms with Crippen LogP contribution in [0.25, 0.3) is 0 Å². The van der Waals surface area contributed by atoms with Crippen molar-refractivity contribution in [1.29, 1.82) is 0 Å². The van der Waals surface area contributed by atoms with Gasteiger partial charge in [-0.3, -0.25) is 9.59 Å². The van der Waals surface area contributed by atoms with Crippen molar-refractivity contribution >= 4 is 17.5 Å². The van der Waals surface area contributed by atoms with E-state index in [0.717, 1.165) is 31.5 Å². The molecule has 3 rings (SSSR count). The molecule has 23 heavy (non-hydrogen) atoms. The van der Waals surface area contributed by atoms with Gasteiger partial charge in [-0.1, -0.05) is 29.8 Å². The molecule has 0 unspecified atom stereocenters. The van der Waals surface area contributed by atoms with Crippen LogP contribution in [0.1, 0.15) is 39.1 Å². The van der Waals surface area contributed by atoms with E-state index in [-0.39, 0.29) is 11.8 Å². The van der Waals surface area contributed by atoms with Crippen molar-refractivity contribution < 1.29 is 9.59 Å². The number of likely N-dealkylation sites (tertiary alicyclic amines) is 1. The van der Waals surface area contributed by atoms with Gasteiger partial charge in [-0.25, -0.2) is 0 Å². The minimum atomic E-state index is -0.199. The first kappa shape index (κ1) is 15.3. The fourth-order valence-electron chi connectivity index (χ4n) is 2.85. The summed E-state index contributed by atoms with van der Waals surface area (Å²) in [5.41, 5.74) is 2.74. The molecule has 1 aliphatic rings. The molecule has 2 aromatic carbocycles. The van der Waals surface area contributed by atoms with Crippen LogP contribution in [0.2, 0.25) is 0 Å². The second kappa shape index (κ2) is 6.65. The summed E-state index contributed by atoms with van der Waals surface area (Å²) in [5.74, 6) is -0.210. The summed E-state index contributed by atoms with van der Waals surface area (Å²) < 4.78 is 0. The Kier molecular flexibility index (Phi) is 4.42. The lowest BCUT2D eigenvalue weighted by Gasteiger charge is -2.18. The highest BCUT2D eigenvalue weighted by Gasteiger charge is 2.22. The maximum absolute atomic E-state index is 12.6. The summed E-state index contributed by atoms with van der Waals surface area (Å²) in [6.45, 7) is 3.53. The third kappa shape index (κ3) is 3.42. The molecule has 2 amide bonds. The van der Waals surface area contributed by atoms with Gasteiger partial charge in [0, 0.05) is 18.7 Å². The number of nitrogens with one attached hydrogen (secondary N) is 1. The maximum Gasteiger partial charge on any atom is 0.255 e. The molecule has 0 aliphatic carbocycles. The molecule has 118 valence electrons. The fourth-order valence-corrected chi connectivity index (χ4v) is 2.85. The quantitative estimate of drug-likeness (QED) is 0.943. The molecule has 0 atom stereocenters. The van der Waals surface area contributed by atoms with E-state index in [4.69, 9.17) is 0 Å². The molecule has 1 fully saturated rings. The Hall–Kier alpha value is -2.62. The predicted molar refractivity (Wildman–Crippen MR) is 90.7 cm³/mol. The van der Waals surface area contributed by atoms with Crippen molar-refractivity contribution in [3.8, 4) is 0 Å². The average molecular weight is 308 g/mol. The van der Waals surface area contributed by atoms with Crippen molar-refractivity contribution in [1.82, 2.24) is 4.90 Å². The molecule has 0 spiro atoms. The standard InChI is InChI=1S/C19H20N2O2/c1-14-7-6-8-15(13-14)18(22)20-17-10-3-2-9-16(17)19(23)21-11-4-5-12-21/h2-3,6-10,13H,4-5,11-12H2,1H3,(H,20,22). The van der Waals surface area contributed by atoms with Crippen LogP contribution < -0.4 is 5.32 Å². The molecule has 0 saturated carbocycles. The van der Waals surface area contributed by atoms with Gasteiger partial charge >= 0.3 is 0 Å². The van der Waals surface area contributed by atoms with Crippen molar-refractivity contribution in [2.45, 2.75) is 19.8 Å². The topological polar surface area (TPSA) is 49.4 Å². The van der Waals surface area contributed by atoms with Gasteiger partial charge < -0.3 is 10.2 Å². The molecule has 4 nitrogen and oxygen atoms in total. The van der Waals surface area contributed by atoms with E-state index < -0.39 is 0 Å². The Morgan fingerprint density at radius 2 is 1.74 bits per heavy atom.